The highest BCUT2D eigenvalue weighted by Crippen LogP contribution is 2.19. The van der Waals surface area contributed by atoms with Gasteiger partial charge in [-0.1, -0.05) is 20.3 Å². The van der Waals surface area contributed by atoms with Crippen molar-refractivity contribution in [3.8, 4) is 0 Å². The molecule has 0 radical (unpaired) electrons. The van der Waals surface area contributed by atoms with Crippen LogP contribution in [0.4, 0.5) is 11.5 Å². The van der Waals surface area contributed by atoms with Gasteiger partial charge in [-0.3, -0.25) is 14.9 Å². The fraction of sp³-hybridized carbons (Fsp3) is 0.538. The highest BCUT2D eigenvalue weighted by Gasteiger charge is 2.18. The Labute approximate surface area is 117 Å². The van der Waals surface area contributed by atoms with E-state index >= 15 is 0 Å². The van der Waals surface area contributed by atoms with Crippen molar-refractivity contribution in [1.82, 2.24) is 10.3 Å². The lowest BCUT2D eigenvalue weighted by atomic mass is 10.1. The molecule has 1 aromatic rings. The van der Waals surface area contributed by atoms with Crippen molar-refractivity contribution in [3.05, 3.63) is 27.9 Å². The summed E-state index contributed by atoms with van der Waals surface area (Å²) < 4.78 is 0. The maximum Gasteiger partial charge on any atom is 0.288 e. The molecule has 0 bridgehead atoms. The molecule has 1 amide bonds. The van der Waals surface area contributed by atoms with Gasteiger partial charge in [-0.2, -0.15) is 0 Å². The van der Waals surface area contributed by atoms with Gasteiger partial charge in [0.2, 0.25) is 0 Å². The Morgan fingerprint density at radius 3 is 2.75 bits per heavy atom. The number of aromatic nitrogens is 1. The van der Waals surface area contributed by atoms with Gasteiger partial charge in [-0.25, -0.2) is 4.98 Å². The summed E-state index contributed by atoms with van der Waals surface area (Å²) >= 11 is 0. The Hall–Kier alpha value is -2.18. The number of anilines is 1. The van der Waals surface area contributed by atoms with Crippen molar-refractivity contribution >= 4 is 17.4 Å². The summed E-state index contributed by atoms with van der Waals surface area (Å²) in [5.41, 5.74) is 0.00435. The molecule has 0 saturated heterocycles. The Bertz CT molecular complexity index is 491. The molecule has 1 heterocycles. The third-order valence-corrected chi connectivity index (χ3v) is 2.98. The van der Waals surface area contributed by atoms with Crippen LogP contribution >= 0.6 is 0 Å². The summed E-state index contributed by atoms with van der Waals surface area (Å²) in [5.74, 6) is 0.366. The molecule has 0 aliphatic rings. The Morgan fingerprint density at radius 2 is 2.20 bits per heavy atom. The van der Waals surface area contributed by atoms with Gasteiger partial charge in [0.15, 0.2) is 0 Å². The molecule has 0 spiro atoms. The van der Waals surface area contributed by atoms with Crippen molar-refractivity contribution in [2.45, 2.75) is 27.2 Å². The zero-order valence-electron chi connectivity index (χ0n) is 12.0. The van der Waals surface area contributed by atoms with Gasteiger partial charge in [0.25, 0.3) is 11.6 Å². The maximum atomic E-state index is 12.1. The molecule has 0 fully saturated rings. The average molecular weight is 280 g/mol. The fourth-order valence-corrected chi connectivity index (χ4v) is 1.54. The van der Waals surface area contributed by atoms with Gasteiger partial charge in [-0.15, -0.1) is 0 Å². The lowest BCUT2D eigenvalue weighted by Gasteiger charge is -2.12. The van der Waals surface area contributed by atoms with E-state index in [9.17, 15) is 14.9 Å². The second-order valence-corrected chi connectivity index (χ2v) is 4.60. The second-order valence-electron chi connectivity index (χ2n) is 4.60. The predicted octanol–water partition coefficient (Wildman–Crippen LogP) is 2.20. The van der Waals surface area contributed by atoms with E-state index in [2.05, 4.69) is 15.6 Å². The number of hydrogen-bond acceptors (Lipinski definition) is 5. The minimum Gasteiger partial charge on any atom is -0.370 e. The van der Waals surface area contributed by atoms with Crippen molar-refractivity contribution in [1.29, 1.82) is 0 Å². The number of rotatable bonds is 7. The summed E-state index contributed by atoms with van der Waals surface area (Å²) in [7, 11) is 0. The van der Waals surface area contributed by atoms with Crippen molar-refractivity contribution < 1.29 is 9.72 Å². The standard InChI is InChI=1S/C13H20N4O3/c1-4-9(3)7-16-13(18)11-6-10(17(19)20)8-15-12(11)14-5-2/h6,8-9H,4-5,7H2,1-3H3,(H,14,15)(H,16,18). The quantitative estimate of drug-likeness (QED) is 0.589. The van der Waals surface area contributed by atoms with Crippen LogP contribution < -0.4 is 10.6 Å². The number of hydrogen-bond donors (Lipinski definition) is 2. The first-order valence-corrected chi connectivity index (χ1v) is 6.66. The first-order chi connectivity index (χ1) is 9.49. The van der Waals surface area contributed by atoms with E-state index in [1.807, 2.05) is 20.8 Å². The van der Waals surface area contributed by atoms with Crippen LogP contribution in [0.25, 0.3) is 0 Å². The number of carbonyl (C=O) groups is 1. The largest absolute Gasteiger partial charge is 0.370 e. The number of amides is 1. The van der Waals surface area contributed by atoms with Crippen LogP contribution in [-0.2, 0) is 0 Å². The van der Waals surface area contributed by atoms with Gasteiger partial charge < -0.3 is 10.6 Å². The summed E-state index contributed by atoms with van der Waals surface area (Å²) in [6, 6.07) is 1.25. The van der Waals surface area contributed by atoms with E-state index < -0.39 is 4.92 Å². The molecule has 0 saturated carbocycles. The molecule has 7 heteroatoms. The highest BCUT2D eigenvalue weighted by atomic mass is 16.6. The monoisotopic (exact) mass is 280 g/mol. The van der Waals surface area contributed by atoms with Gasteiger partial charge in [-0.05, 0) is 12.8 Å². The Balaban J connectivity index is 2.96. The third kappa shape index (κ3) is 4.18. The lowest BCUT2D eigenvalue weighted by molar-refractivity contribution is -0.385. The SMILES string of the molecule is CCNc1ncc([N+](=O)[O-])cc1C(=O)NCC(C)CC. The molecule has 1 rings (SSSR count). The molecule has 2 N–H and O–H groups in total. The van der Waals surface area contributed by atoms with E-state index in [0.717, 1.165) is 12.6 Å². The van der Waals surface area contributed by atoms with Gasteiger partial charge in [0.05, 0.1) is 10.5 Å². The lowest BCUT2D eigenvalue weighted by Crippen LogP contribution is -2.29. The molecule has 1 atom stereocenters. The fourth-order valence-electron chi connectivity index (χ4n) is 1.54. The molecule has 1 aromatic heterocycles. The Morgan fingerprint density at radius 1 is 1.50 bits per heavy atom. The molecule has 0 aromatic carbocycles. The van der Waals surface area contributed by atoms with Crippen LogP contribution in [0.2, 0.25) is 0 Å². The normalized spacial score (nSPS) is 11.8. The van der Waals surface area contributed by atoms with Crippen LogP contribution in [0.3, 0.4) is 0 Å². The second kappa shape index (κ2) is 7.42. The van der Waals surface area contributed by atoms with E-state index in [-0.39, 0.29) is 17.2 Å². The molecule has 0 aliphatic heterocycles. The topological polar surface area (TPSA) is 97.2 Å². The highest BCUT2D eigenvalue weighted by molar-refractivity contribution is 5.99. The Kier molecular flexibility index (Phi) is 5.89. The van der Waals surface area contributed by atoms with Crippen molar-refractivity contribution in [2.75, 3.05) is 18.4 Å². The van der Waals surface area contributed by atoms with Crippen LogP contribution in [0.1, 0.15) is 37.6 Å². The average Bonchev–Trinajstić information content (AvgIpc) is 2.44. The van der Waals surface area contributed by atoms with Gasteiger partial charge in [0, 0.05) is 19.2 Å². The molecule has 7 nitrogen and oxygen atoms in total. The van der Waals surface area contributed by atoms with E-state index in [0.29, 0.717) is 24.8 Å². The molecule has 110 valence electrons. The summed E-state index contributed by atoms with van der Waals surface area (Å²) in [5, 5.41) is 16.5. The first-order valence-electron chi connectivity index (χ1n) is 6.66. The van der Waals surface area contributed by atoms with Crippen molar-refractivity contribution in [3.63, 3.8) is 0 Å². The third-order valence-electron chi connectivity index (χ3n) is 2.98. The number of nitro groups is 1. The number of nitrogens with zero attached hydrogens (tertiary/aromatic N) is 2. The van der Waals surface area contributed by atoms with Crippen LogP contribution in [0.15, 0.2) is 12.3 Å². The maximum absolute atomic E-state index is 12.1. The minimum atomic E-state index is -0.561. The number of carbonyl (C=O) groups excluding carboxylic acids is 1. The predicted molar refractivity (Wildman–Crippen MR) is 76.8 cm³/mol. The summed E-state index contributed by atoms with van der Waals surface area (Å²) in [4.78, 5) is 26.3. The first kappa shape index (κ1) is 15.9. The zero-order valence-corrected chi connectivity index (χ0v) is 12.0. The van der Waals surface area contributed by atoms with Gasteiger partial charge in [0.1, 0.15) is 12.0 Å². The van der Waals surface area contributed by atoms with Crippen LogP contribution in [-0.4, -0.2) is 28.9 Å². The minimum absolute atomic E-state index is 0.194. The summed E-state index contributed by atoms with van der Waals surface area (Å²) in [6.07, 6.45) is 2.09. The van der Waals surface area contributed by atoms with E-state index in [1.165, 1.54) is 6.07 Å². The number of pyridine rings is 1. The molecule has 1 unspecified atom stereocenters. The molecular formula is C13H20N4O3. The van der Waals surface area contributed by atoms with E-state index in [4.69, 9.17) is 0 Å². The molecule has 0 aliphatic carbocycles. The molecule has 20 heavy (non-hydrogen) atoms. The van der Waals surface area contributed by atoms with Gasteiger partial charge >= 0.3 is 0 Å². The van der Waals surface area contributed by atoms with Crippen LogP contribution in [0, 0.1) is 16.0 Å². The van der Waals surface area contributed by atoms with Crippen LogP contribution in [0.5, 0.6) is 0 Å². The number of nitrogens with one attached hydrogen (secondary N) is 2. The van der Waals surface area contributed by atoms with E-state index in [1.54, 1.807) is 0 Å². The molecular weight excluding hydrogens is 260 g/mol. The summed E-state index contributed by atoms with van der Waals surface area (Å²) in [6.45, 7) is 7.04. The smallest absolute Gasteiger partial charge is 0.288 e. The van der Waals surface area contributed by atoms with Crippen molar-refractivity contribution in [2.24, 2.45) is 5.92 Å². The zero-order chi connectivity index (χ0) is 15.1.